The van der Waals surface area contributed by atoms with Gasteiger partial charge in [0.05, 0.1) is 20.1 Å². The standard InChI is InChI=1S/C17H26N2O3/c1-3-22-17(20)10-15-7-6-14(18)12-19(15)11-13-4-8-16(21-2)9-5-13/h4-5,8-9,14-15H,3,6-7,10-12,18H2,1-2H3/t14?,15-/m1/s1. The van der Waals surface area contributed by atoms with Gasteiger partial charge in [0.25, 0.3) is 0 Å². The van der Waals surface area contributed by atoms with Crippen LogP contribution in [0.1, 0.15) is 31.7 Å². The Kier molecular flexibility index (Phi) is 6.21. The lowest BCUT2D eigenvalue weighted by molar-refractivity contribution is -0.145. The molecule has 1 heterocycles. The second-order valence-corrected chi connectivity index (χ2v) is 5.78. The first-order chi connectivity index (χ1) is 10.6. The second-order valence-electron chi connectivity index (χ2n) is 5.78. The lowest BCUT2D eigenvalue weighted by atomic mass is 9.95. The first kappa shape index (κ1) is 16.8. The van der Waals surface area contributed by atoms with Gasteiger partial charge in [-0.3, -0.25) is 9.69 Å². The first-order valence-corrected chi connectivity index (χ1v) is 7.90. The fourth-order valence-electron chi connectivity index (χ4n) is 2.93. The molecular formula is C17H26N2O3. The van der Waals surface area contributed by atoms with Crippen molar-refractivity contribution in [3.05, 3.63) is 29.8 Å². The van der Waals surface area contributed by atoms with E-state index in [1.165, 1.54) is 5.56 Å². The number of hydrogen-bond acceptors (Lipinski definition) is 5. The van der Waals surface area contributed by atoms with E-state index in [2.05, 4.69) is 17.0 Å². The number of nitrogens with zero attached hydrogens (tertiary/aromatic N) is 1. The summed E-state index contributed by atoms with van der Waals surface area (Å²) >= 11 is 0. The Balaban J connectivity index is 2.00. The van der Waals surface area contributed by atoms with Gasteiger partial charge in [-0.1, -0.05) is 12.1 Å². The summed E-state index contributed by atoms with van der Waals surface area (Å²) < 4.78 is 10.3. The van der Waals surface area contributed by atoms with Crippen LogP contribution in [0.5, 0.6) is 5.75 Å². The molecule has 122 valence electrons. The Bertz CT molecular complexity index is 475. The molecule has 0 bridgehead atoms. The van der Waals surface area contributed by atoms with Gasteiger partial charge in [0.2, 0.25) is 0 Å². The summed E-state index contributed by atoms with van der Waals surface area (Å²) in [5.41, 5.74) is 7.30. The van der Waals surface area contributed by atoms with Crippen LogP contribution in [-0.4, -0.2) is 43.2 Å². The number of methoxy groups -OCH3 is 1. The van der Waals surface area contributed by atoms with Crippen molar-refractivity contribution in [2.24, 2.45) is 5.73 Å². The average Bonchev–Trinajstić information content (AvgIpc) is 2.51. The smallest absolute Gasteiger partial charge is 0.307 e. The Morgan fingerprint density at radius 2 is 2.05 bits per heavy atom. The molecule has 22 heavy (non-hydrogen) atoms. The third-order valence-corrected chi connectivity index (χ3v) is 4.11. The summed E-state index contributed by atoms with van der Waals surface area (Å²) in [6.45, 7) is 3.88. The zero-order valence-corrected chi connectivity index (χ0v) is 13.5. The molecule has 0 aromatic heterocycles. The summed E-state index contributed by atoms with van der Waals surface area (Å²) in [5.74, 6) is 0.727. The van der Waals surface area contributed by atoms with Crippen LogP contribution >= 0.6 is 0 Å². The lowest BCUT2D eigenvalue weighted by Gasteiger charge is -2.38. The number of piperidine rings is 1. The Labute approximate surface area is 132 Å². The van der Waals surface area contributed by atoms with Gasteiger partial charge in [0.15, 0.2) is 0 Å². The van der Waals surface area contributed by atoms with E-state index in [9.17, 15) is 4.79 Å². The van der Waals surface area contributed by atoms with Crippen LogP contribution in [0.2, 0.25) is 0 Å². The highest BCUT2D eigenvalue weighted by Crippen LogP contribution is 2.23. The molecule has 5 nitrogen and oxygen atoms in total. The molecule has 0 saturated carbocycles. The van der Waals surface area contributed by atoms with Gasteiger partial charge in [-0.2, -0.15) is 0 Å². The zero-order valence-electron chi connectivity index (χ0n) is 13.5. The fourth-order valence-corrected chi connectivity index (χ4v) is 2.93. The van der Waals surface area contributed by atoms with Crippen molar-refractivity contribution >= 4 is 5.97 Å². The molecule has 0 radical (unpaired) electrons. The van der Waals surface area contributed by atoms with Gasteiger partial charge in [0.1, 0.15) is 5.75 Å². The van der Waals surface area contributed by atoms with Crippen LogP contribution in [0.4, 0.5) is 0 Å². The number of hydrogen-bond donors (Lipinski definition) is 1. The number of nitrogens with two attached hydrogens (primary N) is 1. The highest BCUT2D eigenvalue weighted by molar-refractivity contribution is 5.70. The molecule has 1 aromatic rings. The summed E-state index contributed by atoms with van der Waals surface area (Å²) in [6.07, 6.45) is 2.34. The zero-order chi connectivity index (χ0) is 15.9. The van der Waals surface area contributed by atoms with E-state index >= 15 is 0 Å². The third kappa shape index (κ3) is 4.71. The Morgan fingerprint density at radius 3 is 2.68 bits per heavy atom. The van der Waals surface area contributed by atoms with Gasteiger partial charge in [0, 0.05) is 25.2 Å². The van der Waals surface area contributed by atoms with Crippen LogP contribution in [-0.2, 0) is 16.1 Å². The lowest BCUT2D eigenvalue weighted by Crippen LogP contribution is -2.48. The van der Waals surface area contributed by atoms with Crippen molar-refractivity contribution in [2.45, 2.75) is 44.8 Å². The van der Waals surface area contributed by atoms with E-state index in [0.29, 0.717) is 13.0 Å². The largest absolute Gasteiger partial charge is 0.497 e. The predicted octanol–water partition coefficient (Wildman–Crippen LogP) is 1.94. The molecule has 1 unspecified atom stereocenters. The normalized spacial score (nSPS) is 22.3. The number of rotatable bonds is 6. The molecular weight excluding hydrogens is 280 g/mol. The maximum Gasteiger partial charge on any atom is 0.307 e. The van der Waals surface area contributed by atoms with Gasteiger partial charge < -0.3 is 15.2 Å². The van der Waals surface area contributed by atoms with E-state index in [-0.39, 0.29) is 18.1 Å². The highest BCUT2D eigenvalue weighted by Gasteiger charge is 2.28. The fraction of sp³-hybridized carbons (Fsp3) is 0.588. The second kappa shape index (κ2) is 8.15. The molecule has 5 heteroatoms. The molecule has 1 fully saturated rings. The van der Waals surface area contributed by atoms with Crippen molar-refractivity contribution < 1.29 is 14.3 Å². The molecule has 1 aliphatic rings. The first-order valence-electron chi connectivity index (χ1n) is 7.90. The maximum atomic E-state index is 11.8. The van der Waals surface area contributed by atoms with Gasteiger partial charge in [-0.15, -0.1) is 0 Å². The number of benzene rings is 1. The topological polar surface area (TPSA) is 64.8 Å². The minimum atomic E-state index is -0.122. The molecule has 1 saturated heterocycles. The van der Waals surface area contributed by atoms with Gasteiger partial charge in [-0.05, 0) is 37.5 Å². The maximum absolute atomic E-state index is 11.8. The van der Waals surface area contributed by atoms with E-state index in [1.54, 1.807) is 7.11 Å². The van der Waals surface area contributed by atoms with E-state index in [0.717, 1.165) is 31.7 Å². The van der Waals surface area contributed by atoms with Crippen molar-refractivity contribution in [1.29, 1.82) is 0 Å². The average molecular weight is 306 g/mol. The van der Waals surface area contributed by atoms with Crippen molar-refractivity contribution in [2.75, 3.05) is 20.3 Å². The van der Waals surface area contributed by atoms with Crippen molar-refractivity contribution in [3.8, 4) is 5.75 Å². The quantitative estimate of drug-likeness (QED) is 0.814. The number of carbonyl (C=O) groups excluding carboxylic acids is 1. The molecule has 0 spiro atoms. The van der Waals surface area contributed by atoms with E-state index < -0.39 is 0 Å². The summed E-state index contributed by atoms with van der Waals surface area (Å²) in [5, 5.41) is 0. The molecule has 2 N–H and O–H groups in total. The monoisotopic (exact) mass is 306 g/mol. The number of ether oxygens (including phenoxy) is 2. The summed E-state index contributed by atoms with van der Waals surface area (Å²) in [6, 6.07) is 8.41. The third-order valence-electron chi connectivity index (χ3n) is 4.11. The number of esters is 1. The van der Waals surface area contributed by atoms with Gasteiger partial charge in [-0.25, -0.2) is 0 Å². The number of likely N-dealkylation sites (tertiary alicyclic amines) is 1. The molecule has 2 atom stereocenters. The molecule has 2 rings (SSSR count). The minimum Gasteiger partial charge on any atom is -0.497 e. The SMILES string of the molecule is CCOC(=O)C[C@H]1CCC(N)CN1Cc1ccc(OC)cc1. The van der Waals surface area contributed by atoms with Crippen molar-refractivity contribution in [1.82, 2.24) is 4.90 Å². The van der Waals surface area contributed by atoms with Gasteiger partial charge >= 0.3 is 5.97 Å². The van der Waals surface area contributed by atoms with Crippen molar-refractivity contribution in [3.63, 3.8) is 0 Å². The Morgan fingerprint density at radius 1 is 1.32 bits per heavy atom. The van der Waals surface area contributed by atoms with Crippen LogP contribution in [0.25, 0.3) is 0 Å². The highest BCUT2D eigenvalue weighted by atomic mass is 16.5. The predicted molar refractivity (Wildman–Crippen MR) is 85.7 cm³/mol. The molecule has 0 amide bonds. The van der Waals surface area contributed by atoms with E-state index in [1.807, 2.05) is 19.1 Å². The van der Waals surface area contributed by atoms with Crippen LogP contribution in [0, 0.1) is 0 Å². The summed E-state index contributed by atoms with van der Waals surface area (Å²) in [7, 11) is 1.66. The molecule has 0 aliphatic carbocycles. The minimum absolute atomic E-state index is 0.122. The molecule has 1 aromatic carbocycles. The van der Waals surface area contributed by atoms with Crippen LogP contribution in [0.3, 0.4) is 0 Å². The number of carbonyl (C=O) groups is 1. The summed E-state index contributed by atoms with van der Waals surface area (Å²) in [4.78, 5) is 14.1. The molecule has 1 aliphatic heterocycles. The van der Waals surface area contributed by atoms with Crippen LogP contribution in [0.15, 0.2) is 24.3 Å². The van der Waals surface area contributed by atoms with E-state index in [4.69, 9.17) is 15.2 Å². The van der Waals surface area contributed by atoms with Crippen LogP contribution < -0.4 is 10.5 Å². The Hall–Kier alpha value is -1.59.